The van der Waals surface area contributed by atoms with E-state index in [2.05, 4.69) is 17.2 Å². The number of carbonyl (C=O) groups excluding carboxylic acids is 2. The number of aromatic nitrogens is 1. The first-order chi connectivity index (χ1) is 10.9. The zero-order valence-electron chi connectivity index (χ0n) is 13.8. The van der Waals surface area contributed by atoms with E-state index in [0.717, 1.165) is 32.1 Å². The van der Waals surface area contributed by atoms with Crippen molar-refractivity contribution in [3.63, 3.8) is 0 Å². The Hall–Kier alpha value is -1.91. The van der Waals surface area contributed by atoms with Gasteiger partial charge in [-0.2, -0.15) is 0 Å². The first-order valence-corrected chi connectivity index (χ1v) is 8.50. The summed E-state index contributed by atoms with van der Waals surface area (Å²) < 4.78 is 0. The molecule has 0 aliphatic heterocycles. The molecule has 0 unspecified atom stereocenters. The van der Waals surface area contributed by atoms with Crippen molar-refractivity contribution in [2.75, 3.05) is 0 Å². The summed E-state index contributed by atoms with van der Waals surface area (Å²) in [6.07, 6.45) is 5.92. The molecular weight excluding hydrogens is 292 g/mol. The lowest BCUT2D eigenvalue weighted by Crippen LogP contribution is -2.49. The molecule has 1 heterocycles. The molecule has 1 aromatic rings. The molecule has 124 valence electrons. The molecule has 0 radical (unpaired) electrons. The van der Waals surface area contributed by atoms with Gasteiger partial charge in [0, 0.05) is 23.2 Å². The van der Waals surface area contributed by atoms with Crippen molar-refractivity contribution < 1.29 is 9.59 Å². The van der Waals surface area contributed by atoms with Crippen LogP contribution < -0.4 is 10.9 Å². The predicted octanol–water partition coefficient (Wildman–Crippen LogP) is 2.59. The number of aromatic amines is 1. The maximum Gasteiger partial charge on any atom is 0.261 e. The Morgan fingerprint density at radius 1 is 1.26 bits per heavy atom. The molecule has 2 aliphatic carbocycles. The highest BCUT2D eigenvalue weighted by Crippen LogP contribution is 2.31. The maximum atomic E-state index is 12.6. The van der Waals surface area contributed by atoms with Crippen LogP contribution in [0.4, 0.5) is 0 Å². The van der Waals surface area contributed by atoms with E-state index in [1.165, 1.54) is 6.07 Å². The summed E-state index contributed by atoms with van der Waals surface area (Å²) in [5.41, 5.74) is 0.558. The van der Waals surface area contributed by atoms with Crippen LogP contribution in [0, 0.1) is 5.92 Å². The Kier molecular flexibility index (Phi) is 4.13. The predicted molar refractivity (Wildman–Crippen MR) is 87.8 cm³/mol. The number of hydrogen-bond donors (Lipinski definition) is 2. The first kappa shape index (κ1) is 16.0. The van der Waals surface area contributed by atoms with E-state index in [-0.39, 0.29) is 22.8 Å². The lowest BCUT2D eigenvalue weighted by atomic mass is 9.78. The number of aryl methyl sites for hydroxylation is 1. The van der Waals surface area contributed by atoms with Gasteiger partial charge in [-0.15, -0.1) is 0 Å². The van der Waals surface area contributed by atoms with E-state index in [9.17, 15) is 14.4 Å². The fraction of sp³-hybridized carbons (Fsp3) is 0.611. The SMILES string of the molecule is CC1CCC(C)(NC(=O)c2cc3c([nH]c2=O)CCCC3=O)CC1. The van der Waals surface area contributed by atoms with Crippen LogP contribution in [0.15, 0.2) is 10.9 Å². The van der Waals surface area contributed by atoms with Crippen molar-refractivity contribution in [2.24, 2.45) is 5.92 Å². The van der Waals surface area contributed by atoms with Crippen molar-refractivity contribution >= 4 is 11.7 Å². The molecule has 5 heteroatoms. The van der Waals surface area contributed by atoms with Crippen molar-refractivity contribution in [2.45, 2.75) is 64.3 Å². The first-order valence-electron chi connectivity index (χ1n) is 8.50. The Bertz CT molecular complexity index is 697. The van der Waals surface area contributed by atoms with E-state index in [0.29, 0.717) is 30.0 Å². The summed E-state index contributed by atoms with van der Waals surface area (Å²) in [6.45, 7) is 4.26. The monoisotopic (exact) mass is 316 g/mol. The Labute approximate surface area is 135 Å². The summed E-state index contributed by atoms with van der Waals surface area (Å²) in [7, 11) is 0. The molecule has 0 bridgehead atoms. The maximum absolute atomic E-state index is 12.6. The van der Waals surface area contributed by atoms with E-state index in [4.69, 9.17) is 0 Å². The largest absolute Gasteiger partial charge is 0.347 e. The van der Waals surface area contributed by atoms with Crippen molar-refractivity contribution in [1.29, 1.82) is 0 Å². The highest BCUT2D eigenvalue weighted by atomic mass is 16.2. The Morgan fingerprint density at radius 2 is 1.96 bits per heavy atom. The quantitative estimate of drug-likeness (QED) is 0.880. The topological polar surface area (TPSA) is 79.0 Å². The second kappa shape index (κ2) is 5.95. The van der Waals surface area contributed by atoms with Crippen LogP contribution in [0.25, 0.3) is 0 Å². The minimum atomic E-state index is -0.399. The number of rotatable bonds is 2. The molecule has 5 nitrogen and oxygen atoms in total. The molecule has 0 saturated heterocycles. The van der Waals surface area contributed by atoms with Crippen LogP contribution in [0.2, 0.25) is 0 Å². The van der Waals surface area contributed by atoms with Crippen LogP contribution >= 0.6 is 0 Å². The van der Waals surface area contributed by atoms with E-state index >= 15 is 0 Å². The number of hydrogen-bond acceptors (Lipinski definition) is 3. The second-order valence-electron chi connectivity index (χ2n) is 7.38. The van der Waals surface area contributed by atoms with E-state index in [1.807, 2.05) is 6.92 Å². The van der Waals surface area contributed by atoms with E-state index in [1.54, 1.807) is 0 Å². The molecule has 2 aliphatic rings. The number of pyridine rings is 1. The van der Waals surface area contributed by atoms with Crippen molar-refractivity contribution in [1.82, 2.24) is 10.3 Å². The molecule has 0 aromatic carbocycles. The van der Waals surface area contributed by atoms with Gasteiger partial charge in [-0.05, 0) is 57.4 Å². The third kappa shape index (κ3) is 3.23. The average Bonchev–Trinajstić information content (AvgIpc) is 2.50. The Morgan fingerprint density at radius 3 is 2.65 bits per heavy atom. The molecule has 2 N–H and O–H groups in total. The number of carbonyl (C=O) groups is 2. The van der Waals surface area contributed by atoms with Crippen LogP contribution in [0.1, 0.15) is 78.8 Å². The van der Waals surface area contributed by atoms with Gasteiger partial charge in [0.2, 0.25) is 0 Å². The Balaban J connectivity index is 1.84. The minimum Gasteiger partial charge on any atom is -0.347 e. The van der Waals surface area contributed by atoms with Gasteiger partial charge in [-0.25, -0.2) is 0 Å². The molecule has 3 rings (SSSR count). The van der Waals surface area contributed by atoms with Gasteiger partial charge in [-0.1, -0.05) is 6.92 Å². The van der Waals surface area contributed by atoms with Crippen molar-refractivity contribution in [3.05, 3.63) is 33.2 Å². The molecule has 1 fully saturated rings. The van der Waals surface area contributed by atoms with Crippen LogP contribution in [-0.4, -0.2) is 22.2 Å². The van der Waals surface area contributed by atoms with E-state index < -0.39 is 5.56 Å². The summed E-state index contributed by atoms with van der Waals surface area (Å²) in [6, 6.07) is 1.49. The van der Waals surface area contributed by atoms with Crippen LogP contribution in [-0.2, 0) is 6.42 Å². The number of H-pyrrole nitrogens is 1. The number of ketones is 1. The molecule has 23 heavy (non-hydrogen) atoms. The number of Topliss-reactive ketones (excluding diaryl/α,β-unsaturated/α-hetero) is 1. The summed E-state index contributed by atoms with van der Waals surface area (Å²) in [5, 5.41) is 3.02. The smallest absolute Gasteiger partial charge is 0.261 e. The molecule has 0 atom stereocenters. The molecule has 1 saturated carbocycles. The normalized spacial score (nSPS) is 27.4. The minimum absolute atomic E-state index is 0.00857. The summed E-state index contributed by atoms with van der Waals surface area (Å²) >= 11 is 0. The van der Waals surface area contributed by atoms with Crippen molar-refractivity contribution in [3.8, 4) is 0 Å². The average molecular weight is 316 g/mol. The molecule has 1 amide bonds. The fourth-order valence-electron chi connectivity index (χ4n) is 3.61. The fourth-order valence-corrected chi connectivity index (χ4v) is 3.61. The highest BCUT2D eigenvalue weighted by molar-refractivity contribution is 6.01. The zero-order valence-corrected chi connectivity index (χ0v) is 13.8. The number of amides is 1. The summed E-state index contributed by atoms with van der Waals surface area (Å²) in [5.74, 6) is 0.323. The number of nitrogens with one attached hydrogen (secondary N) is 2. The lowest BCUT2D eigenvalue weighted by Gasteiger charge is -2.37. The highest BCUT2D eigenvalue weighted by Gasteiger charge is 2.32. The van der Waals surface area contributed by atoms with Gasteiger partial charge in [0.1, 0.15) is 5.56 Å². The van der Waals surface area contributed by atoms with Gasteiger partial charge >= 0.3 is 0 Å². The standard InChI is InChI=1S/C18H24N2O3/c1-11-6-8-18(2,9-7-11)20-17(23)13-10-12-14(19-16(13)22)4-3-5-15(12)21/h10-11H,3-9H2,1-2H3,(H,19,22)(H,20,23). The van der Waals surface area contributed by atoms with Crippen LogP contribution in [0.3, 0.4) is 0 Å². The van der Waals surface area contributed by atoms with Gasteiger partial charge < -0.3 is 10.3 Å². The third-order valence-electron chi connectivity index (χ3n) is 5.29. The molecule has 0 spiro atoms. The second-order valence-corrected chi connectivity index (χ2v) is 7.38. The van der Waals surface area contributed by atoms with Crippen LogP contribution in [0.5, 0.6) is 0 Å². The molecule has 1 aromatic heterocycles. The van der Waals surface area contributed by atoms with Gasteiger partial charge in [-0.3, -0.25) is 14.4 Å². The van der Waals surface area contributed by atoms with Gasteiger partial charge in [0.15, 0.2) is 5.78 Å². The van der Waals surface area contributed by atoms with Gasteiger partial charge in [0.25, 0.3) is 11.5 Å². The lowest BCUT2D eigenvalue weighted by molar-refractivity contribution is 0.0868. The zero-order chi connectivity index (χ0) is 16.6. The third-order valence-corrected chi connectivity index (χ3v) is 5.29. The number of fused-ring (bicyclic) bond motifs is 1. The van der Waals surface area contributed by atoms with Gasteiger partial charge in [0.05, 0.1) is 0 Å². The summed E-state index contributed by atoms with van der Waals surface area (Å²) in [4.78, 5) is 39.5. The molecular formula is C18H24N2O3.